The standard InChI is InChI=1S/C17H24N2O2Se/c1-21-14-8-9-16-15(12-14)17(20)19(22-16)11-5-10-18-13-6-3-2-4-7-13/h8-9,12-13,18H,2-7,10-11H2,1H3. The van der Waals surface area contributed by atoms with Crippen LogP contribution in [0.5, 0.6) is 5.75 Å². The first-order valence-electron chi connectivity index (χ1n) is 8.19. The molecule has 1 fully saturated rings. The Labute approximate surface area is 137 Å². The van der Waals surface area contributed by atoms with Gasteiger partial charge in [0, 0.05) is 0 Å². The third kappa shape index (κ3) is 3.65. The number of hydrogen-bond donors (Lipinski definition) is 1. The Morgan fingerprint density at radius 3 is 2.91 bits per heavy atom. The zero-order valence-corrected chi connectivity index (χ0v) is 14.9. The number of aryl methyl sites for hydroxylation is 1. The average molecular weight is 367 g/mol. The average Bonchev–Trinajstić information content (AvgIpc) is 2.88. The number of methoxy groups -OCH3 is 1. The fourth-order valence-corrected chi connectivity index (χ4v) is 5.28. The molecule has 1 aliphatic carbocycles. The van der Waals surface area contributed by atoms with Gasteiger partial charge in [-0.05, 0) is 0 Å². The van der Waals surface area contributed by atoms with Crippen molar-refractivity contribution in [3.8, 4) is 5.75 Å². The molecule has 22 heavy (non-hydrogen) atoms. The fraction of sp³-hybridized carbons (Fsp3) is 0.588. The van der Waals surface area contributed by atoms with Crippen molar-refractivity contribution in [3.05, 3.63) is 28.6 Å². The van der Waals surface area contributed by atoms with Gasteiger partial charge in [-0.2, -0.15) is 0 Å². The van der Waals surface area contributed by atoms with Crippen molar-refractivity contribution in [2.24, 2.45) is 0 Å². The molecule has 0 unspecified atom stereocenters. The van der Waals surface area contributed by atoms with Gasteiger partial charge < -0.3 is 0 Å². The van der Waals surface area contributed by atoms with E-state index < -0.39 is 0 Å². The molecule has 4 nitrogen and oxygen atoms in total. The molecule has 3 rings (SSSR count). The molecule has 0 amide bonds. The van der Waals surface area contributed by atoms with Gasteiger partial charge in [0.2, 0.25) is 0 Å². The summed E-state index contributed by atoms with van der Waals surface area (Å²) in [6.45, 7) is 1.87. The van der Waals surface area contributed by atoms with E-state index in [4.69, 9.17) is 4.74 Å². The number of rotatable bonds is 6. The van der Waals surface area contributed by atoms with Crippen molar-refractivity contribution in [1.82, 2.24) is 8.88 Å². The van der Waals surface area contributed by atoms with E-state index in [-0.39, 0.29) is 20.3 Å². The van der Waals surface area contributed by atoms with Crippen LogP contribution in [-0.2, 0) is 6.54 Å². The van der Waals surface area contributed by atoms with Gasteiger partial charge in [0.1, 0.15) is 0 Å². The second kappa shape index (κ2) is 7.49. The van der Waals surface area contributed by atoms with Crippen LogP contribution in [0, 0.1) is 0 Å². The maximum absolute atomic E-state index is 12.4. The van der Waals surface area contributed by atoms with E-state index in [2.05, 4.69) is 5.32 Å². The van der Waals surface area contributed by atoms with E-state index in [0.29, 0.717) is 6.04 Å². The quantitative estimate of drug-likeness (QED) is 0.630. The first-order valence-corrected chi connectivity index (χ1v) is 9.81. The van der Waals surface area contributed by atoms with Crippen LogP contribution >= 0.6 is 0 Å². The Morgan fingerprint density at radius 2 is 2.14 bits per heavy atom. The molecular weight excluding hydrogens is 343 g/mol. The summed E-state index contributed by atoms with van der Waals surface area (Å²) in [5, 5.41) is 4.48. The van der Waals surface area contributed by atoms with Crippen molar-refractivity contribution in [2.75, 3.05) is 13.7 Å². The Kier molecular flexibility index (Phi) is 5.40. The number of fused-ring (bicyclic) bond motifs is 1. The maximum atomic E-state index is 12.4. The van der Waals surface area contributed by atoms with E-state index in [9.17, 15) is 4.79 Å². The monoisotopic (exact) mass is 368 g/mol. The zero-order chi connectivity index (χ0) is 15.4. The minimum atomic E-state index is 0.128. The number of aromatic nitrogens is 1. The van der Waals surface area contributed by atoms with Gasteiger partial charge in [0.25, 0.3) is 0 Å². The van der Waals surface area contributed by atoms with Crippen LogP contribution in [0.4, 0.5) is 0 Å². The number of hydrogen-bond acceptors (Lipinski definition) is 3. The van der Waals surface area contributed by atoms with Gasteiger partial charge >= 0.3 is 137 Å². The normalized spacial score (nSPS) is 16.2. The topological polar surface area (TPSA) is 43.3 Å². The van der Waals surface area contributed by atoms with Gasteiger partial charge in [-0.3, -0.25) is 0 Å². The molecule has 1 aromatic carbocycles. The van der Waals surface area contributed by atoms with Crippen LogP contribution in [0.2, 0.25) is 0 Å². The molecule has 0 saturated heterocycles. The fourth-order valence-electron chi connectivity index (χ4n) is 3.16. The SMILES string of the molecule is COc1ccc2[se]n(CCCNC3CCCCC3)c(=O)c2c1. The van der Waals surface area contributed by atoms with Crippen LogP contribution < -0.4 is 15.6 Å². The summed E-state index contributed by atoms with van der Waals surface area (Å²) < 4.78 is 8.41. The molecule has 1 saturated carbocycles. The second-order valence-electron chi connectivity index (χ2n) is 6.00. The first-order chi connectivity index (χ1) is 10.8. The van der Waals surface area contributed by atoms with Gasteiger partial charge in [-0.1, -0.05) is 0 Å². The van der Waals surface area contributed by atoms with Crippen molar-refractivity contribution in [1.29, 1.82) is 0 Å². The third-order valence-corrected chi connectivity index (χ3v) is 6.78. The molecule has 1 heterocycles. The third-order valence-electron chi connectivity index (χ3n) is 4.43. The number of ether oxygens (including phenoxy) is 1. The molecule has 0 aliphatic heterocycles. The van der Waals surface area contributed by atoms with E-state index in [1.54, 1.807) is 7.11 Å². The predicted octanol–water partition coefficient (Wildman–Crippen LogP) is 2.38. The molecule has 0 spiro atoms. The molecule has 1 aliphatic rings. The van der Waals surface area contributed by atoms with Crippen LogP contribution in [0.25, 0.3) is 9.65 Å². The molecule has 1 N–H and O–H groups in total. The van der Waals surface area contributed by atoms with E-state index in [1.807, 2.05) is 21.8 Å². The summed E-state index contributed by atoms with van der Waals surface area (Å²) in [6.07, 6.45) is 7.79. The minimum absolute atomic E-state index is 0.128. The van der Waals surface area contributed by atoms with Gasteiger partial charge in [-0.25, -0.2) is 0 Å². The molecular formula is C17H24N2O2Se. The molecule has 0 atom stereocenters. The van der Waals surface area contributed by atoms with Crippen molar-refractivity contribution < 1.29 is 4.74 Å². The van der Waals surface area contributed by atoms with Gasteiger partial charge in [-0.15, -0.1) is 0 Å². The number of benzene rings is 1. The van der Waals surface area contributed by atoms with E-state index >= 15 is 0 Å². The van der Waals surface area contributed by atoms with Crippen molar-refractivity contribution in [2.45, 2.75) is 51.1 Å². The number of nitrogens with one attached hydrogen (secondary N) is 1. The predicted molar refractivity (Wildman–Crippen MR) is 91.2 cm³/mol. The van der Waals surface area contributed by atoms with Crippen LogP contribution in [0.3, 0.4) is 0 Å². The van der Waals surface area contributed by atoms with Gasteiger partial charge in [0.05, 0.1) is 0 Å². The Bertz CT molecular complexity index is 671. The molecule has 120 valence electrons. The summed E-state index contributed by atoms with van der Waals surface area (Å²) >= 11 is 0.128. The van der Waals surface area contributed by atoms with Gasteiger partial charge in [0.15, 0.2) is 0 Å². The van der Waals surface area contributed by atoms with Crippen molar-refractivity contribution >= 4 is 24.4 Å². The summed E-state index contributed by atoms with van der Waals surface area (Å²) in [5.74, 6) is 0.767. The summed E-state index contributed by atoms with van der Waals surface area (Å²) in [4.78, 5) is 12.4. The molecule has 0 radical (unpaired) electrons. The van der Waals surface area contributed by atoms with Crippen LogP contribution in [0.15, 0.2) is 23.0 Å². The molecule has 0 bridgehead atoms. The Morgan fingerprint density at radius 1 is 1.32 bits per heavy atom. The molecule has 2 aromatic rings. The number of nitrogens with zero attached hydrogens (tertiary/aromatic N) is 1. The molecule has 5 heteroatoms. The summed E-state index contributed by atoms with van der Waals surface area (Å²) in [7, 11) is 1.64. The molecule has 1 aromatic heterocycles. The van der Waals surface area contributed by atoms with Crippen LogP contribution in [0.1, 0.15) is 38.5 Å². The van der Waals surface area contributed by atoms with E-state index in [0.717, 1.165) is 30.6 Å². The summed E-state index contributed by atoms with van der Waals surface area (Å²) in [6, 6.07) is 6.56. The van der Waals surface area contributed by atoms with Crippen LogP contribution in [-0.4, -0.2) is 38.0 Å². The van der Waals surface area contributed by atoms with E-state index in [1.165, 1.54) is 36.4 Å². The Hall–Kier alpha value is -1.03. The van der Waals surface area contributed by atoms with Crippen molar-refractivity contribution in [3.63, 3.8) is 0 Å². The first kappa shape index (κ1) is 15.8. The second-order valence-corrected chi connectivity index (χ2v) is 8.23. The Balaban J connectivity index is 1.57. The zero-order valence-electron chi connectivity index (χ0n) is 13.1. The summed E-state index contributed by atoms with van der Waals surface area (Å²) in [5.41, 5.74) is 0.173.